The maximum absolute atomic E-state index is 14.3. The second-order valence-electron chi connectivity index (χ2n) is 11.5. The van der Waals surface area contributed by atoms with Gasteiger partial charge in [0, 0.05) is 10.8 Å². The topological polar surface area (TPSA) is 210 Å². The SMILES string of the molecule is Nc1c(/N=N/c2ccc(-c3ccc(/N=N/c4c(S(=O)(=O)O)cc5ccccc5c4N)c(C(F)(F)F)c3)cc2C(F)(F)F)c(S(=O)(=O)O)cc2ccccc12. The van der Waals surface area contributed by atoms with E-state index in [9.17, 15) is 52.3 Å². The second kappa shape index (κ2) is 13.5. The van der Waals surface area contributed by atoms with Gasteiger partial charge in [-0.3, -0.25) is 9.11 Å². The van der Waals surface area contributed by atoms with E-state index in [1.54, 1.807) is 24.3 Å². The Morgan fingerprint density at radius 3 is 1.19 bits per heavy atom. The summed E-state index contributed by atoms with van der Waals surface area (Å²) in [7, 11) is -10.00. The van der Waals surface area contributed by atoms with Gasteiger partial charge in [-0.2, -0.15) is 43.2 Å². The highest BCUT2D eigenvalue weighted by Gasteiger charge is 2.36. The van der Waals surface area contributed by atoms with Gasteiger partial charge in [0.25, 0.3) is 20.2 Å². The number of hydrogen-bond acceptors (Lipinski definition) is 10. The lowest BCUT2D eigenvalue weighted by Gasteiger charge is -2.15. The van der Waals surface area contributed by atoms with E-state index in [-0.39, 0.29) is 44.0 Å². The van der Waals surface area contributed by atoms with Crippen molar-refractivity contribution in [1.82, 2.24) is 0 Å². The van der Waals surface area contributed by atoms with Gasteiger partial charge in [0.1, 0.15) is 21.2 Å². The summed E-state index contributed by atoms with van der Waals surface area (Å²) in [5, 5.41) is 15.5. The zero-order chi connectivity index (χ0) is 39.4. The molecule has 0 saturated heterocycles. The summed E-state index contributed by atoms with van der Waals surface area (Å²) in [6.07, 6.45) is -10.3. The van der Waals surface area contributed by atoms with Crippen molar-refractivity contribution in [3.05, 3.63) is 108 Å². The monoisotopic (exact) mass is 788 g/mol. The molecule has 54 heavy (non-hydrogen) atoms. The molecule has 0 spiro atoms. The van der Waals surface area contributed by atoms with Crippen LogP contribution in [0.3, 0.4) is 0 Å². The Hall–Kier alpha value is -5.96. The minimum Gasteiger partial charge on any atom is -0.396 e. The number of rotatable bonds is 7. The van der Waals surface area contributed by atoms with Crippen molar-refractivity contribution in [1.29, 1.82) is 0 Å². The third-order valence-electron chi connectivity index (χ3n) is 8.06. The molecule has 20 heteroatoms. The highest BCUT2D eigenvalue weighted by molar-refractivity contribution is 7.86. The number of hydrogen-bond donors (Lipinski definition) is 4. The molecule has 0 aliphatic heterocycles. The van der Waals surface area contributed by atoms with Crippen LogP contribution >= 0.6 is 0 Å². The van der Waals surface area contributed by atoms with Crippen LogP contribution in [0, 0.1) is 0 Å². The van der Waals surface area contributed by atoms with Crippen molar-refractivity contribution in [3.63, 3.8) is 0 Å². The average molecular weight is 789 g/mol. The zero-order valence-corrected chi connectivity index (χ0v) is 28.4. The Bertz CT molecular complexity index is 2600. The first-order valence-corrected chi connectivity index (χ1v) is 17.9. The van der Waals surface area contributed by atoms with Crippen molar-refractivity contribution in [2.75, 3.05) is 11.5 Å². The molecule has 0 aliphatic carbocycles. The molecule has 0 aliphatic rings. The molecule has 0 saturated carbocycles. The summed E-state index contributed by atoms with van der Waals surface area (Å²) in [4.78, 5) is -1.66. The number of anilines is 2. The fourth-order valence-corrected chi connectivity index (χ4v) is 6.89. The van der Waals surface area contributed by atoms with E-state index < -0.39 is 76.3 Å². The molecular formula is C34H22F6N6O6S2. The second-order valence-corrected chi connectivity index (χ2v) is 14.3. The lowest BCUT2D eigenvalue weighted by atomic mass is 9.99. The van der Waals surface area contributed by atoms with Crippen LogP contribution in [-0.4, -0.2) is 25.9 Å². The fourth-order valence-electron chi connectivity index (χ4n) is 5.54. The van der Waals surface area contributed by atoms with E-state index in [1.165, 1.54) is 24.3 Å². The summed E-state index contributed by atoms with van der Waals surface area (Å²) in [5.74, 6) is 0. The number of nitrogens with two attached hydrogens (primary N) is 2. The summed E-state index contributed by atoms with van der Waals surface area (Å²) >= 11 is 0. The molecule has 6 aromatic rings. The lowest BCUT2D eigenvalue weighted by molar-refractivity contribution is -0.138. The summed E-state index contributed by atoms with van der Waals surface area (Å²) in [6.45, 7) is 0. The number of nitrogen functional groups attached to an aromatic ring is 2. The maximum Gasteiger partial charge on any atom is 0.418 e. The van der Waals surface area contributed by atoms with Crippen molar-refractivity contribution in [2.24, 2.45) is 20.5 Å². The van der Waals surface area contributed by atoms with E-state index in [0.29, 0.717) is 12.1 Å². The van der Waals surface area contributed by atoms with Gasteiger partial charge in [-0.1, -0.05) is 60.7 Å². The molecule has 0 aromatic heterocycles. The average Bonchev–Trinajstić information content (AvgIpc) is 3.09. The Labute approximate surface area is 301 Å². The van der Waals surface area contributed by atoms with E-state index in [0.717, 1.165) is 36.4 Å². The van der Waals surface area contributed by atoms with Gasteiger partial charge in [-0.05, 0) is 58.3 Å². The number of benzene rings is 6. The van der Waals surface area contributed by atoms with Crippen molar-refractivity contribution >= 4 is 75.9 Å². The fraction of sp³-hybridized carbons (Fsp3) is 0.0588. The molecule has 0 bridgehead atoms. The van der Waals surface area contributed by atoms with E-state index in [4.69, 9.17) is 11.5 Å². The van der Waals surface area contributed by atoms with Crippen LogP contribution in [0.1, 0.15) is 11.1 Å². The van der Waals surface area contributed by atoms with Gasteiger partial charge in [-0.15, -0.1) is 20.5 Å². The van der Waals surface area contributed by atoms with Crippen LogP contribution in [0.5, 0.6) is 0 Å². The van der Waals surface area contributed by atoms with E-state index >= 15 is 0 Å². The van der Waals surface area contributed by atoms with Gasteiger partial charge in [0.15, 0.2) is 0 Å². The smallest absolute Gasteiger partial charge is 0.396 e. The van der Waals surface area contributed by atoms with Crippen molar-refractivity contribution in [3.8, 4) is 11.1 Å². The molecule has 6 N–H and O–H groups in total. The zero-order valence-electron chi connectivity index (χ0n) is 26.8. The Morgan fingerprint density at radius 1 is 0.500 bits per heavy atom. The van der Waals surface area contributed by atoms with Crippen LogP contribution in [-0.2, 0) is 32.6 Å². The molecule has 0 radical (unpaired) electrons. The van der Waals surface area contributed by atoms with Gasteiger partial charge < -0.3 is 11.5 Å². The van der Waals surface area contributed by atoms with Gasteiger partial charge in [0.2, 0.25) is 0 Å². The summed E-state index contributed by atoms with van der Waals surface area (Å²) in [6, 6.07) is 18.7. The molecule has 6 aromatic carbocycles. The standard InChI is InChI=1S/C34H22F6N6O6S2/c35-33(36,37)23-13-17(9-11-25(23)43-45-31-27(53(47,48)49)15-19-5-1-3-7-21(19)29(31)41)18-10-12-26(24(14-18)34(38,39)40)44-46-32-28(54(50,51)52)16-20-6-2-4-8-22(20)30(32)42/h1-16H,41-42H2,(H,47,48,49)(H,50,51,52)/b45-43+,46-44+. The predicted octanol–water partition coefficient (Wildman–Crippen LogP) is 10.2. The highest BCUT2D eigenvalue weighted by Crippen LogP contribution is 2.45. The van der Waals surface area contributed by atoms with Crippen LogP contribution in [0.4, 0.5) is 60.5 Å². The maximum atomic E-state index is 14.3. The first kappa shape index (κ1) is 37.8. The minimum absolute atomic E-state index is 0.258. The first-order valence-electron chi connectivity index (χ1n) is 15.0. The lowest BCUT2D eigenvalue weighted by Crippen LogP contribution is -2.07. The normalized spacial score (nSPS) is 13.1. The van der Waals surface area contributed by atoms with Gasteiger partial charge in [-0.25, -0.2) is 0 Å². The molecule has 6 rings (SSSR count). The Balaban J connectivity index is 1.44. The quantitative estimate of drug-likeness (QED) is 0.0528. The van der Waals surface area contributed by atoms with Crippen LogP contribution in [0.15, 0.2) is 127 Å². The van der Waals surface area contributed by atoms with Gasteiger partial charge in [0.05, 0.1) is 33.9 Å². The highest BCUT2D eigenvalue weighted by atomic mass is 32.2. The number of fused-ring (bicyclic) bond motifs is 2. The van der Waals surface area contributed by atoms with Gasteiger partial charge >= 0.3 is 12.4 Å². The number of alkyl halides is 6. The summed E-state index contributed by atoms with van der Waals surface area (Å²) < 4.78 is 154. The first-order chi connectivity index (χ1) is 25.1. The molecular weight excluding hydrogens is 767 g/mol. The Morgan fingerprint density at radius 2 is 0.852 bits per heavy atom. The number of azo groups is 2. The molecule has 0 heterocycles. The van der Waals surface area contributed by atoms with Crippen LogP contribution < -0.4 is 11.5 Å². The van der Waals surface area contributed by atoms with Crippen molar-refractivity contribution in [2.45, 2.75) is 22.1 Å². The Kier molecular flexibility index (Phi) is 9.42. The molecule has 0 atom stereocenters. The largest absolute Gasteiger partial charge is 0.418 e. The third-order valence-corrected chi connectivity index (χ3v) is 9.79. The molecule has 0 amide bonds. The number of nitrogens with zero attached hydrogens (tertiary/aromatic N) is 4. The number of halogens is 6. The van der Waals surface area contributed by atoms with Crippen LogP contribution in [0.2, 0.25) is 0 Å². The van der Waals surface area contributed by atoms with Crippen molar-refractivity contribution < 1.29 is 52.3 Å². The van der Waals surface area contributed by atoms with Crippen LogP contribution in [0.25, 0.3) is 32.7 Å². The molecule has 278 valence electrons. The van der Waals surface area contributed by atoms with E-state index in [1.807, 2.05) is 0 Å². The van der Waals surface area contributed by atoms with E-state index in [2.05, 4.69) is 20.5 Å². The molecule has 0 fully saturated rings. The minimum atomic E-state index is -5.16. The molecule has 0 unspecified atom stereocenters. The molecule has 12 nitrogen and oxygen atoms in total. The predicted molar refractivity (Wildman–Crippen MR) is 187 cm³/mol. The third kappa shape index (κ3) is 7.44. The summed E-state index contributed by atoms with van der Waals surface area (Å²) in [5.41, 5.74) is 4.79.